The molecule has 1 aromatic carbocycles. The van der Waals surface area contributed by atoms with Crippen LogP contribution in [0.5, 0.6) is 0 Å². The van der Waals surface area contributed by atoms with E-state index >= 15 is 0 Å². The minimum atomic E-state index is -4.46. The molecule has 27 heavy (non-hydrogen) atoms. The predicted octanol–water partition coefficient (Wildman–Crippen LogP) is 3.44. The Kier molecular flexibility index (Phi) is 4.29. The van der Waals surface area contributed by atoms with Crippen LogP contribution in [0.2, 0.25) is 0 Å². The first kappa shape index (κ1) is 17.4. The third-order valence-electron chi connectivity index (χ3n) is 4.63. The summed E-state index contributed by atoms with van der Waals surface area (Å²) in [6.07, 6.45) is -0.182. The number of fused-ring (bicyclic) bond motifs is 1. The first-order chi connectivity index (χ1) is 12.9. The molecule has 6 nitrogen and oxygen atoms in total. The van der Waals surface area contributed by atoms with Crippen molar-refractivity contribution >= 4 is 11.6 Å². The highest BCUT2D eigenvalue weighted by Gasteiger charge is 2.31. The molecule has 4 rings (SSSR count). The van der Waals surface area contributed by atoms with Crippen molar-refractivity contribution in [1.29, 1.82) is 0 Å². The molecule has 2 aromatic heterocycles. The van der Waals surface area contributed by atoms with Gasteiger partial charge in [-0.2, -0.15) is 22.8 Å². The maximum Gasteiger partial charge on any atom is 0.416 e. The summed E-state index contributed by atoms with van der Waals surface area (Å²) in [7, 11) is 0. The third kappa shape index (κ3) is 3.36. The van der Waals surface area contributed by atoms with Gasteiger partial charge in [0.2, 0.25) is 0 Å². The summed E-state index contributed by atoms with van der Waals surface area (Å²) >= 11 is 0. The van der Waals surface area contributed by atoms with E-state index in [9.17, 15) is 18.0 Å². The number of hydrogen-bond acceptors (Lipinski definition) is 4. The number of alkyl halides is 3. The van der Waals surface area contributed by atoms with Crippen molar-refractivity contribution in [1.82, 2.24) is 24.7 Å². The Balaban J connectivity index is 1.81. The summed E-state index contributed by atoms with van der Waals surface area (Å²) in [5.41, 5.74) is 0.381. The van der Waals surface area contributed by atoms with Gasteiger partial charge in [-0.15, -0.1) is 10.2 Å². The standard InChI is InChI=1S/C18H16F3N5O/c19-18(20,21)13-6-4-5-12(9-13)14-10-15(24-26-11-22-23-16(14)26)17(27)25-7-2-1-3-8-25/h4-6,9-11H,1-3,7-8H2. The summed E-state index contributed by atoms with van der Waals surface area (Å²) in [5, 5.41) is 12.0. The Morgan fingerprint density at radius 1 is 1.07 bits per heavy atom. The number of nitrogens with zero attached hydrogens (tertiary/aromatic N) is 5. The van der Waals surface area contributed by atoms with E-state index in [-0.39, 0.29) is 11.6 Å². The van der Waals surface area contributed by atoms with Crippen molar-refractivity contribution in [3.05, 3.63) is 47.9 Å². The molecule has 3 heterocycles. The van der Waals surface area contributed by atoms with Crippen molar-refractivity contribution in [3.8, 4) is 11.1 Å². The highest BCUT2D eigenvalue weighted by molar-refractivity contribution is 5.94. The monoisotopic (exact) mass is 375 g/mol. The largest absolute Gasteiger partial charge is 0.416 e. The van der Waals surface area contributed by atoms with Crippen LogP contribution < -0.4 is 0 Å². The molecule has 9 heteroatoms. The predicted molar refractivity (Wildman–Crippen MR) is 91.0 cm³/mol. The van der Waals surface area contributed by atoms with E-state index in [4.69, 9.17) is 0 Å². The average molecular weight is 375 g/mol. The summed E-state index contributed by atoms with van der Waals surface area (Å²) < 4.78 is 40.6. The summed E-state index contributed by atoms with van der Waals surface area (Å²) in [5.74, 6) is -0.237. The number of hydrogen-bond donors (Lipinski definition) is 0. The Morgan fingerprint density at radius 2 is 1.85 bits per heavy atom. The lowest BCUT2D eigenvalue weighted by atomic mass is 10.0. The Bertz CT molecular complexity index is 992. The number of carbonyl (C=O) groups is 1. The minimum absolute atomic E-state index is 0.164. The molecule has 0 spiro atoms. The second-order valence-corrected chi connectivity index (χ2v) is 6.47. The maximum atomic E-state index is 13.1. The van der Waals surface area contributed by atoms with E-state index in [2.05, 4.69) is 15.3 Å². The molecule has 0 saturated carbocycles. The smallest absolute Gasteiger partial charge is 0.337 e. The lowest BCUT2D eigenvalue weighted by Crippen LogP contribution is -2.36. The number of likely N-dealkylation sites (tertiary alicyclic amines) is 1. The van der Waals surface area contributed by atoms with Gasteiger partial charge in [0, 0.05) is 18.7 Å². The van der Waals surface area contributed by atoms with Gasteiger partial charge < -0.3 is 4.90 Å². The minimum Gasteiger partial charge on any atom is -0.337 e. The van der Waals surface area contributed by atoms with Crippen molar-refractivity contribution in [3.63, 3.8) is 0 Å². The average Bonchev–Trinajstić information content (AvgIpc) is 3.15. The zero-order valence-corrected chi connectivity index (χ0v) is 14.3. The number of benzene rings is 1. The zero-order chi connectivity index (χ0) is 19.0. The number of rotatable bonds is 2. The molecule has 3 aromatic rings. The highest BCUT2D eigenvalue weighted by atomic mass is 19.4. The third-order valence-corrected chi connectivity index (χ3v) is 4.63. The SMILES string of the molecule is O=C(c1cc(-c2cccc(C(F)(F)F)c2)c2nncn2n1)N1CCCCC1. The van der Waals surface area contributed by atoms with Crippen LogP contribution in [0.25, 0.3) is 16.8 Å². The molecule has 1 fully saturated rings. The van der Waals surface area contributed by atoms with Crippen molar-refractivity contribution in [2.24, 2.45) is 0 Å². The van der Waals surface area contributed by atoms with Gasteiger partial charge in [0.05, 0.1) is 5.56 Å². The Labute approximate surface area is 152 Å². The van der Waals surface area contributed by atoms with Crippen molar-refractivity contribution in [2.45, 2.75) is 25.4 Å². The van der Waals surface area contributed by atoms with E-state index < -0.39 is 11.7 Å². The normalized spacial score (nSPS) is 15.3. The molecular formula is C18H16F3N5O. The molecule has 1 aliphatic heterocycles. The number of aromatic nitrogens is 4. The van der Waals surface area contributed by atoms with Gasteiger partial charge in [-0.1, -0.05) is 12.1 Å². The van der Waals surface area contributed by atoms with Crippen LogP contribution in [0.15, 0.2) is 36.7 Å². The summed E-state index contributed by atoms with van der Waals surface area (Å²) in [6, 6.07) is 6.42. The van der Waals surface area contributed by atoms with Crippen LogP contribution in [0.4, 0.5) is 13.2 Å². The van der Waals surface area contributed by atoms with Gasteiger partial charge in [-0.3, -0.25) is 4.79 Å². The van der Waals surface area contributed by atoms with Crippen LogP contribution in [-0.4, -0.2) is 43.7 Å². The topological polar surface area (TPSA) is 63.4 Å². The van der Waals surface area contributed by atoms with Crippen LogP contribution in [0.3, 0.4) is 0 Å². The van der Waals surface area contributed by atoms with E-state index in [0.717, 1.165) is 31.4 Å². The first-order valence-corrected chi connectivity index (χ1v) is 8.61. The van der Waals surface area contributed by atoms with Gasteiger partial charge in [-0.25, -0.2) is 0 Å². The molecule has 0 unspecified atom stereocenters. The molecule has 0 aliphatic carbocycles. The second kappa shape index (κ2) is 6.64. The Hall–Kier alpha value is -2.97. The molecule has 0 N–H and O–H groups in total. The molecule has 1 saturated heterocycles. The van der Waals surface area contributed by atoms with E-state index in [1.54, 1.807) is 11.0 Å². The van der Waals surface area contributed by atoms with Crippen LogP contribution >= 0.6 is 0 Å². The van der Waals surface area contributed by atoms with Crippen molar-refractivity contribution < 1.29 is 18.0 Å². The number of carbonyl (C=O) groups excluding carboxylic acids is 1. The summed E-state index contributed by atoms with van der Waals surface area (Å²) in [6.45, 7) is 1.30. The lowest BCUT2D eigenvalue weighted by molar-refractivity contribution is -0.137. The maximum absolute atomic E-state index is 13.1. The fourth-order valence-electron chi connectivity index (χ4n) is 3.27. The molecular weight excluding hydrogens is 359 g/mol. The second-order valence-electron chi connectivity index (χ2n) is 6.47. The van der Waals surface area contributed by atoms with Gasteiger partial charge in [0.25, 0.3) is 5.91 Å². The Morgan fingerprint density at radius 3 is 2.59 bits per heavy atom. The fraction of sp³-hybridized carbons (Fsp3) is 0.333. The number of piperidine rings is 1. The highest BCUT2D eigenvalue weighted by Crippen LogP contribution is 2.33. The molecule has 1 aliphatic rings. The van der Waals surface area contributed by atoms with Gasteiger partial charge in [-0.05, 0) is 43.0 Å². The molecule has 0 bridgehead atoms. The molecule has 0 atom stereocenters. The fourth-order valence-corrected chi connectivity index (χ4v) is 3.27. The van der Waals surface area contributed by atoms with Crippen LogP contribution in [0, 0.1) is 0 Å². The zero-order valence-electron chi connectivity index (χ0n) is 14.3. The van der Waals surface area contributed by atoms with E-state index in [0.29, 0.717) is 29.9 Å². The molecule has 0 radical (unpaired) electrons. The lowest BCUT2D eigenvalue weighted by Gasteiger charge is -2.26. The molecule has 140 valence electrons. The molecule has 1 amide bonds. The van der Waals surface area contributed by atoms with Crippen LogP contribution in [-0.2, 0) is 6.18 Å². The van der Waals surface area contributed by atoms with E-state index in [1.807, 2.05) is 0 Å². The summed E-state index contributed by atoms with van der Waals surface area (Å²) in [4.78, 5) is 14.5. The number of halogens is 3. The first-order valence-electron chi connectivity index (χ1n) is 8.61. The quantitative estimate of drug-likeness (QED) is 0.688. The van der Waals surface area contributed by atoms with Gasteiger partial charge in [0.1, 0.15) is 12.0 Å². The van der Waals surface area contributed by atoms with Crippen LogP contribution in [0.1, 0.15) is 35.3 Å². The number of amides is 1. The van der Waals surface area contributed by atoms with Gasteiger partial charge >= 0.3 is 6.18 Å². The van der Waals surface area contributed by atoms with E-state index in [1.165, 1.54) is 23.0 Å². The van der Waals surface area contributed by atoms with Gasteiger partial charge in [0.15, 0.2) is 5.65 Å². The van der Waals surface area contributed by atoms with Crippen molar-refractivity contribution in [2.75, 3.05) is 13.1 Å².